The Morgan fingerprint density at radius 1 is 1.03 bits per heavy atom. The Labute approximate surface area is 208 Å². The molecule has 2 unspecified atom stereocenters. The molecule has 4 atom stereocenters. The van der Waals surface area contributed by atoms with Gasteiger partial charge in [0.25, 0.3) is 0 Å². The number of benzene rings is 2. The molecule has 0 saturated carbocycles. The van der Waals surface area contributed by atoms with E-state index in [0.717, 1.165) is 0 Å². The van der Waals surface area contributed by atoms with Gasteiger partial charge in [-0.05, 0) is 61.7 Å². The van der Waals surface area contributed by atoms with Crippen LogP contribution in [0.3, 0.4) is 0 Å². The minimum Gasteiger partial charge on any atom is -0.480 e. The summed E-state index contributed by atoms with van der Waals surface area (Å²) in [6.07, 6.45) is 3.18. The van der Waals surface area contributed by atoms with Crippen LogP contribution in [0.15, 0.2) is 54.6 Å². The standard InChI is InChI=1S/C25H33N3O6S/c1-35-21(15-19(27)22(29)28-20(24(32)33)12-5-6-13-26)25(34,17-9-3-2-4-10-17)18-11-7-8-16(14-18)23(30)31/h2-4,7-11,14,19-21,34H,5-6,12-13,15,26-27H2,1H3,(H,28,29)(H,30,31)(H,32,33)/t19-,20-,21?,25?/m0/s1. The molecule has 8 N–H and O–H groups in total. The normalized spacial score (nSPS) is 15.4. The minimum atomic E-state index is -1.67. The van der Waals surface area contributed by atoms with E-state index in [0.29, 0.717) is 30.5 Å². The van der Waals surface area contributed by atoms with Crippen molar-refractivity contribution in [1.82, 2.24) is 5.32 Å². The van der Waals surface area contributed by atoms with Crippen molar-refractivity contribution in [2.24, 2.45) is 11.5 Å². The fourth-order valence-electron chi connectivity index (χ4n) is 3.92. The fraction of sp³-hybridized carbons (Fsp3) is 0.400. The molecule has 10 heteroatoms. The van der Waals surface area contributed by atoms with E-state index >= 15 is 0 Å². The second-order valence-corrected chi connectivity index (χ2v) is 9.31. The van der Waals surface area contributed by atoms with Crippen LogP contribution in [0.1, 0.15) is 47.2 Å². The highest BCUT2D eigenvalue weighted by Gasteiger charge is 2.42. The molecule has 0 aliphatic carbocycles. The van der Waals surface area contributed by atoms with Crippen molar-refractivity contribution in [3.05, 3.63) is 71.3 Å². The number of hydrogen-bond acceptors (Lipinski definition) is 7. The van der Waals surface area contributed by atoms with Crippen LogP contribution >= 0.6 is 11.8 Å². The van der Waals surface area contributed by atoms with Crippen LogP contribution in [0, 0.1) is 0 Å². The van der Waals surface area contributed by atoms with E-state index in [1.165, 1.54) is 23.9 Å². The summed E-state index contributed by atoms with van der Waals surface area (Å²) in [4.78, 5) is 35.9. The van der Waals surface area contributed by atoms with Crippen LogP contribution in [0.5, 0.6) is 0 Å². The Bertz CT molecular complexity index is 1010. The largest absolute Gasteiger partial charge is 0.480 e. The van der Waals surface area contributed by atoms with Gasteiger partial charge in [0, 0.05) is 5.25 Å². The van der Waals surface area contributed by atoms with Gasteiger partial charge in [0.15, 0.2) is 0 Å². The number of aliphatic hydroxyl groups is 1. The summed E-state index contributed by atoms with van der Waals surface area (Å²) in [5.41, 5.74) is 10.9. The molecule has 2 rings (SSSR count). The molecule has 0 saturated heterocycles. The summed E-state index contributed by atoms with van der Waals surface area (Å²) >= 11 is 1.28. The quantitative estimate of drug-likeness (QED) is 0.210. The molecule has 35 heavy (non-hydrogen) atoms. The SMILES string of the molecule is CSC(C[C@H](N)C(=O)N[C@@H](CCCCN)C(=O)O)C(O)(c1ccccc1)c1cccc(C(=O)O)c1. The van der Waals surface area contributed by atoms with E-state index in [9.17, 15) is 29.7 Å². The highest BCUT2D eigenvalue weighted by Crippen LogP contribution is 2.40. The average molecular weight is 504 g/mol. The molecule has 1 amide bonds. The number of hydrogen-bond donors (Lipinski definition) is 6. The van der Waals surface area contributed by atoms with Gasteiger partial charge in [-0.1, -0.05) is 42.5 Å². The van der Waals surface area contributed by atoms with E-state index in [4.69, 9.17) is 11.5 Å². The van der Waals surface area contributed by atoms with Gasteiger partial charge in [-0.15, -0.1) is 0 Å². The van der Waals surface area contributed by atoms with Gasteiger partial charge in [0.05, 0.1) is 11.6 Å². The van der Waals surface area contributed by atoms with E-state index in [2.05, 4.69) is 5.32 Å². The molecule has 0 aromatic heterocycles. The monoisotopic (exact) mass is 503 g/mol. The van der Waals surface area contributed by atoms with Gasteiger partial charge >= 0.3 is 11.9 Å². The first-order valence-electron chi connectivity index (χ1n) is 11.3. The third kappa shape index (κ3) is 7.28. The number of amides is 1. The lowest BCUT2D eigenvalue weighted by molar-refractivity contribution is -0.142. The summed E-state index contributed by atoms with van der Waals surface area (Å²) in [5.74, 6) is -2.93. The summed E-state index contributed by atoms with van der Waals surface area (Å²) in [6, 6.07) is 12.6. The predicted molar refractivity (Wildman–Crippen MR) is 135 cm³/mol. The maximum Gasteiger partial charge on any atom is 0.335 e. The van der Waals surface area contributed by atoms with Crippen molar-refractivity contribution in [3.63, 3.8) is 0 Å². The smallest absolute Gasteiger partial charge is 0.335 e. The summed E-state index contributed by atoms with van der Waals surface area (Å²) in [5, 5.41) is 32.8. The average Bonchev–Trinajstić information content (AvgIpc) is 2.86. The molecule has 9 nitrogen and oxygen atoms in total. The van der Waals surface area contributed by atoms with Gasteiger partial charge in [0.1, 0.15) is 11.6 Å². The summed E-state index contributed by atoms with van der Waals surface area (Å²) < 4.78 is 0. The number of nitrogens with one attached hydrogen (secondary N) is 1. The van der Waals surface area contributed by atoms with Crippen LogP contribution in [0.25, 0.3) is 0 Å². The van der Waals surface area contributed by atoms with E-state index < -0.39 is 40.8 Å². The first-order chi connectivity index (χ1) is 16.6. The lowest BCUT2D eigenvalue weighted by Crippen LogP contribution is -2.51. The van der Waals surface area contributed by atoms with Crippen molar-refractivity contribution in [1.29, 1.82) is 0 Å². The predicted octanol–water partition coefficient (Wildman–Crippen LogP) is 1.77. The number of nitrogens with two attached hydrogens (primary N) is 2. The zero-order valence-corrected chi connectivity index (χ0v) is 20.4. The van der Waals surface area contributed by atoms with Crippen molar-refractivity contribution in [2.75, 3.05) is 12.8 Å². The van der Waals surface area contributed by atoms with Crippen LogP contribution in [-0.2, 0) is 15.2 Å². The van der Waals surface area contributed by atoms with Crippen LogP contribution < -0.4 is 16.8 Å². The molecular formula is C25H33N3O6S. The van der Waals surface area contributed by atoms with Crippen molar-refractivity contribution < 1.29 is 29.7 Å². The third-order valence-electron chi connectivity index (χ3n) is 5.88. The maximum absolute atomic E-state index is 12.8. The molecule has 0 heterocycles. The first kappa shape index (κ1) is 28.3. The molecule has 0 fully saturated rings. The highest BCUT2D eigenvalue weighted by molar-refractivity contribution is 7.99. The zero-order chi connectivity index (χ0) is 26.0. The minimum absolute atomic E-state index is 0.00479. The number of rotatable bonds is 14. The van der Waals surface area contributed by atoms with E-state index in [-0.39, 0.29) is 18.4 Å². The lowest BCUT2D eigenvalue weighted by atomic mass is 9.80. The Kier molecular flexibility index (Phi) is 10.7. The highest BCUT2D eigenvalue weighted by atomic mass is 32.2. The van der Waals surface area contributed by atoms with Gasteiger partial charge < -0.3 is 32.1 Å². The number of carbonyl (C=O) groups is 3. The van der Waals surface area contributed by atoms with Gasteiger partial charge in [-0.2, -0.15) is 11.8 Å². The van der Waals surface area contributed by atoms with Gasteiger partial charge in [-0.25, -0.2) is 9.59 Å². The molecule has 0 aliphatic heterocycles. The molecular weight excluding hydrogens is 470 g/mol. The second-order valence-electron chi connectivity index (χ2n) is 8.27. The van der Waals surface area contributed by atoms with Crippen molar-refractivity contribution >= 4 is 29.6 Å². The third-order valence-corrected chi connectivity index (χ3v) is 6.98. The number of carboxylic acids is 2. The van der Waals surface area contributed by atoms with E-state index in [1.54, 1.807) is 48.7 Å². The molecule has 2 aromatic rings. The number of aromatic carboxylic acids is 1. The molecule has 190 valence electrons. The van der Waals surface area contributed by atoms with E-state index in [1.807, 2.05) is 0 Å². The first-order valence-corrected chi connectivity index (χ1v) is 12.6. The number of unbranched alkanes of at least 4 members (excludes halogenated alkanes) is 1. The Balaban J connectivity index is 2.34. The topological polar surface area (TPSA) is 176 Å². The number of thioether (sulfide) groups is 1. The van der Waals surface area contributed by atoms with Gasteiger partial charge in [0.2, 0.25) is 5.91 Å². The van der Waals surface area contributed by atoms with Gasteiger partial charge in [-0.3, -0.25) is 4.79 Å². The number of carboxylic acid groups (broad SMARTS) is 2. The molecule has 0 spiro atoms. The zero-order valence-electron chi connectivity index (χ0n) is 19.6. The molecule has 0 aliphatic rings. The molecule has 0 bridgehead atoms. The number of carbonyl (C=O) groups excluding carboxylic acids is 1. The molecule has 2 aromatic carbocycles. The fourth-order valence-corrected chi connectivity index (χ4v) is 4.94. The Morgan fingerprint density at radius 2 is 1.69 bits per heavy atom. The second kappa shape index (κ2) is 13.2. The van der Waals surface area contributed by atoms with Crippen LogP contribution in [-0.4, -0.2) is 63.3 Å². The van der Waals surface area contributed by atoms with Crippen LogP contribution in [0.2, 0.25) is 0 Å². The van der Waals surface area contributed by atoms with Crippen molar-refractivity contribution in [3.8, 4) is 0 Å². The summed E-state index contributed by atoms with van der Waals surface area (Å²) in [6.45, 7) is 0.427. The summed E-state index contributed by atoms with van der Waals surface area (Å²) in [7, 11) is 0. The van der Waals surface area contributed by atoms with Crippen molar-refractivity contribution in [2.45, 2.75) is 48.6 Å². The molecule has 0 radical (unpaired) electrons. The Morgan fingerprint density at radius 3 is 2.26 bits per heavy atom. The maximum atomic E-state index is 12.8. The lowest BCUT2D eigenvalue weighted by Gasteiger charge is -2.37. The Hall–Kier alpha value is -2.92. The number of aliphatic carboxylic acids is 1. The van der Waals surface area contributed by atoms with Crippen LogP contribution in [0.4, 0.5) is 0 Å².